The van der Waals surface area contributed by atoms with Gasteiger partial charge in [-0.15, -0.1) is 0 Å². The lowest BCUT2D eigenvalue weighted by molar-refractivity contribution is 0.281. The molecule has 0 amide bonds. The van der Waals surface area contributed by atoms with E-state index in [1.807, 2.05) is 6.07 Å². The summed E-state index contributed by atoms with van der Waals surface area (Å²) in [6.45, 7) is 0.0964. The van der Waals surface area contributed by atoms with E-state index in [4.69, 9.17) is 0 Å². The minimum absolute atomic E-state index is 0.0964. The zero-order valence-electron chi connectivity index (χ0n) is 9.26. The Kier molecular flexibility index (Phi) is 2.75. The molecule has 0 aromatic heterocycles. The van der Waals surface area contributed by atoms with E-state index >= 15 is 0 Å². The first-order valence-electron chi connectivity index (χ1n) is 5.55. The molecule has 0 spiro atoms. The largest absolute Gasteiger partial charge is 0.392 e. The number of aliphatic hydroxyl groups excluding tert-OH is 1. The molecule has 0 atom stereocenters. The summed E-state index contributed by atoms with van der Waals surface area (Å²) in [6.07, 6.45) is 4.28. The normalized spacial score (nSPS) is 12.8. The Morgan fingerprint density at radius 3 is 2.47 bits per heavy atom. The van der Waals surface area contributed by atoms with Crippen molar-refractivity contribution in [3.8, 4) is 0 Å². The summed E-state index contributed by atoms with van der Waals surface area (Å²) in [4.78, 5) is 2.47. The summed E-state index contributed by atoms with van der Waals surface area (Å²) in [7, 11) is 0. The van der Waals surface area contributed by atoms with Crippen LogP contribution in [-0.4, -0.2) is 5.11 Å². The third-order valence-corrected chi connectivity index (χ3v) is 4.01. The number of aliphatic hydroxyl groups is 1. The van der Waals surface area contributed by atoms with Gasteiger partial charge in [-0.3, -0.25) is 0 Å². The van der Waals surface area contributed by atoms with Crippen molar-refractivity contribution in [2.45, 2.75) is 16.4 Å². The summed E-state index contributed by atoms with van der Waals surface area (Å²) in [5.74, 6) is 0. The molecule has 0 aliphatic carbocycles. The third-order valence-electron chi connectivity index (χ3n) is 2.84. The molecule has 17 heavy (non-hydrogen) atoms. The first kappa shape index (κ1) is 10.6. The monoisotopic (exact) mass is 240 g/mol. The molecule has 0 radical (unpaired) electrons. The van der Waals surface area contributed by atoms with E-state index in [0.29, 0.717) is 0 Å². The first-order chi connectivity index (χ1) is 8.36. The van der Waals surface area contributed by atoms with E-state index in [0.717, 1.165) is 5.56 Å². The highest BCUT2D eigenvalue weighted by Crippen LogP contribution is 2.37. The van der Waals surface area contributed by atoms with Crippen molar-refractivity contribution in [3.05, 3.63) is 59.2 Å². The predicted molar refractivity (Wildman–Crippen MR) is 71.9 cm³/mol. The van der Waals surface area contributed by atoms with E-state index in [2.05, 4.69) is 48.6 Å². The molecule has 0 bridgehead atoms. The van der Waals surface area contributed by atoms with Gasteiger partial charge in [-0.05, 0) is 28.8 Å². The molecule has 0 saturated carbocycles. The maximum atomic E-state index is 9.18. The van der Waals surface area contributed by atoms with Gasteiger partial charge >= 0.3 is 0 Å². The number of fused-ring (bicyclic) bond motifs is 2. The average Bonchev–Trinajstić information content (AvgIpc) is 2.56. The molecule has 1 N–H and O–H groups in total. The van der Waals surface area contributed by atoms with Crippen LogP contribution in [0, 0.1) is 0 Å². The molecule has 0 fully saturated rings. The molecule has 1 nitrogen and oxygen atoms in total. The lowest BCUT2D eigenvalue weighted by Gasteiger charge is -2.06. The van der Waals surface area contributed by atoms with Crippen LogP contribution in [0.15, 0.2) is 52.3 Å². The van der Waals surface area contributed by atoms with Crippen molar-refractivity contribution in [3.63, 3.8) is 0 Å². The highest BCUT2D eigenvalue weighted by Gasteiger charge is 2.09. The summed E-state index contributed by atoms with van der Waals surface area (Å²) in [5.41, 5.74) is 3.42. The Morgan fingerprint density at radius 2 is 1.65 bits per heavy atom. The van der Waals surface area contributed by atoms with Crippen LogP contribution >= 0.6 is 11.8 Å². The van der Waals surface area contributed by atoms with Crippen LogP contribution in [0.25, 0.3) is 12.2 Å². The van der Waals surface area contributed by atoms with Gasteiger partial charge in [-0.25, -0.2) is 0 Å². The fourth-order valence-corrected chi connectivity index (χ4v) is 3.01. The second-order valence-electron chi connectivity index (χ2n) is 4.00. The highest BCUT2D eigenvalue weighted by molar-refractivity contribution is 7.99. The van der Waals surface area contributed by atoms with E-state index < -0.39 is 0 Å². The second-order valence-corrected chi connectivity index (χ2v) is 5.09. The van der Waals surface area contributed by atoms with Crippen molar-refractivity contribution < 1.29 is 5.11 Å². The molecule has 1 heterocycles. The van der Waals surface area contributed by atoms with Gasteiger partial charge in [0.1, 0.15) is 0 Å². The van der Waals surface area contributed by atoms with Gasteiger partial charge in [-0.1, -0.05) is 54.2 Å². The minimum Gasteiger partial charge on any atom is -0.392 e. The zero-order valence-corrected chi connectivity index (χ0v) is 10.1. The van der Waals surface area contributed by atoms with Crippen LogP contribution in [0.3, 0.4) is 0 Å². The van der Waals surface area contributed by atoms with E-state index in [1.54, 1.807) is 11.8 Å². The van der Waals surface area contributed by atoms with E-state index in [-0.39, 0.29) is 6.61 Å². The van der Waals surface area contributed by atoms with Gasteiger partial charge in [0, 0.05) is 9.79 Å². The molecule has 0 unspecified atom stereocenters. The second kappa shape index (κ2) is 4.40. The molecule has 1 aliphatic heterocycles. The molecular weight excluding hydrogens is 228 g/mol. The van der Waals surface area contributed by atoms with Crippen molar-refractivity contribution in [1.82, 2.24) is 0 Å². The Morgan fingerprint density at radius 1 is 0.882 bits per heavy atom. The van der Waals surface area contributed by atoms with Gasteiger partial charge < -0.3 is 5.11 Å². The SMILES string of the molecule is OCc1ccc2c(c1)Sc1ccccc1C=C2. The zero-order chi connectivity index (χ0) is 11.7. The summed E-state index contributed by atoms with van der Waals surface area (Å²) in [6, 6.07) is 14.5. The van der Waals surface area contributed by atoms with Crippen molar-refractivity contribution >= 4 is 23.9 Å². The van der Waals surface area contributed by atoms with Gasteiger partial charge in [0.05, 0.1) is 6.61 Å². The maximum absolute atomic E-state index is 9.18. The number of hydrogen-bond acceptors (Lipinski definition) is 2. The van der Waals surface area contributed by atoms with E-state index in [9.17, 15) is 5.11 Å². The lowest BCUT2D eigenvalue weighted by Crippen LogP contribution is -1.86. The Hall–Kier alpha value is -1.51. The Balaban J connectivity index is 2.12. The summed E-state index contributed by atoms with van der Waals surface area (Å²) >= 11 is 1.76. The fourth-order valence-electron chi connectivity index (χ4n) is 1.91. The van der Waals surface area contributed by atoms with Crippen LogP contribution in [0.2, 0.25) is 0 Å². The van der Waals surface area contributed by atoms with Crippen molar-refractivity contribution in [2.24, 2.45) is 0 Å². The molecular formula is C15H12OS. The van der Waals surface area contributed by atoms with Crippen LogP contribution in [-0.2, 0) is 6.61 Å². The molecule has 3 rings (SSSR count). The van der Waals surface area contributed by atoms with Gasteiger partial charge in [0.25, 0.3) is 0 Å². The van der Waals surface area contributed by atoms with E-state index in [1.165, 1.54) is 20.9 Å². The van der Waals surface area contributed by atoms with Crippen LogP contribution in [0.1, 0.15) is 16.7 Å². The smallest absolute Gasteiger partial charge is 0.0682 e. The molecule has 84 valence electrons. The number of rotatable bonds is 1. The Labute approximate surface area is 105 Å². The summed E-state index contributed by atoms with van der Waals surface area (Å²) < 4.78 is 0. The van der Waals surface area contributed by atoms with Crippen molar-refractivity contribution in [2.75, 3.05) is 0 Å². The molecule has 1 aliphatic rings. The molecule has 2 aromatic carbocycles. The molecule has 0 saturated heterocycles. The molecule has 2 heteroatoms. The van der Waals surface area contributed by atoms with Crippen LogP contribution in [0.5, 0.6) is 0 Å². The van der Waals surface area contributed by atoms with Gasteiger partial charge in [-0.2, -0.15) is 0 Å². The van der Waals surface area contributed by atoms with Gasteiger partial charge in [0.15, 0.2) is 0 Å². The first-order valence-corrected chi connectivity index (χ1v) is 6.37. The quantitative estimate of drug-likeness (QED) is 0.698. The maximum Gasteiger partial charge on any atom is 0.0682 e. The lowest BCUT2D eigenvalue weighted by atomic mass is 10.1. The fraction of sp³-hybridized carbons (Fsp3) is 0.0667. The standard InChI is InChI=1S/C15H12OS/c16-10-11-5-6-13-8-7-12-3-1-2-4-14(12)17-15(13)9-11/h1-9,16H,10H2. The van der Waals surface area contributed by atoms with Crippen molar-refractivity contribution in [1.29, 1.82) is 0 Å². The Bertz CT molecular complexity index is 587. The number of hydrogen-bond donors (Lipinski definition) is 1. The topological polar surface area (TPSA) is 20.2 Å². The van der Waals surface area contributed by atoms with Gasteiger partial charge in [0.2, 0.25) is 0 Å². The van der Waals surface area contributed by atoms with Crippen LogP contribution in [0.4, 0.5) is 0 Å². The third kappa shape index (κ3) is 2.02. The number of benzene rings is 2. The average molecular weight is 240 g/mol. The van der Waals surface area contributed by atoms with Crippen LogP contribution < -0.4 is 0 Å². The highest BCUT2D eigenvalue weighted by atomic mass is 32.2. The minimum atomic E-state index is 0.0964. The predicted octanol–water partition coefficient (Wildman–Crippen LogP) is 3.81. The molecule has 2 aromatic rings. The summed E-state index contributed by atoms with van der Waals surface area (Å²) in [5, 5.41) is 9.18.